The van der Waals surface area contributed by atoms with Crippen molar-refractivity contribution in [3.63, 3.8) is 0 Å². The van der Waals surface area contributed by atoms with Gasteiger partial charge in [-0.2, -0.15) is 0 Å². The van der Waals surface area contributed by atoms with Crippen LogP contribution in [0.4, 0.5) is 8.78 Å². The van der Waals surface area contributed by atoms with Crippen LogP contribution in [0.3, 0.4) is 0 Å². The van der Waals surface area contributed by atoms with Crippen LogP contribution in [0.15, 0.2) is 42.5 Å². The molecule has 3 heteroatoms. The van der Waals surface area contributed by atoms with Crippen LogP contribution in [0.1, 0.15) is 5.56 Å². The second kappa shape index (κ2) is 4.31. The summed E-state index contributed by atoms with van der Waals surface area (Å²) in [6.07, 6.45) is 0. The van der Waals surface area contributed by atoms with Crippen molar-refractivity contribution in [1.29, 1.82) is 0 Å². The van der Waals surface area contributed by atoms with Crippen molar-refractivity contribution in [2.75, 3.05) is 0 Å². The molecule has 0 aromatic heterocycles. The molecule has 0 saturated carbocycles. The molecule has 0 atom stereocenters. The zero-order chi connectivity index (χ0) is 11.5. The maximum Gasteiger partial charge on any atom is 0.168 e. The van der Waals surface area contributed by atoms with E-state index in [1.165, 1.54) is 6.07 Å². The zero-order valence-electron chi connectivity index (χ0n) is 8.71. The topological polar surface area (TPSA) is 9.23 Å². The Morgan fingerprint density at radius 1 is 1.00 bits per heavy atom. The third-order valence-corrected chi connectivity index (χ3v) is 2.11. The van der Waals surface area contributed by atoms with Gasteiger partial charge in [0.15, 0.2) is 11.6 Å². The lowest BCUT2D eigenvalue weighted by atomic mass is 10.2. The number of halogens is 2. The van der Waals surface area contributed by atoms with Gasteiger partial charge in [0.05, 0.1) is 0 Å². The molecule has 0 N–H and O–H groups in total. The summed E-state index contributed by atoms with van der Waals surface area (Å²) in [5.41, 5.74) is 1.01. The molecule has 2 aromatic carbocycles. The van der Waals surface area contributed by atoms with E-state index in [1.54, 1.807) is 12.1 Å². The number of hydrogen-bond donors (Lipinski definition) is 0. The predicted molar refractivity (Wildman–Crippen MR) is 57.6 cm³/mol. The first-order valence-corrected chi connectivity index (χ1v) is 4.85. The summed E-state index contributed by atoms with van der Waals surface area (Å²) < 4.78 is 31.2. The standard InChI is InChI=1S/C13H10F2O/c1-9-3-2-4-11(7-9)16-13-6-5-10(14)8-12(13)15/h2-8H,1H3. The maximum atomic E-state index is 13.3. The average molecular weight is 220 g/mol. The van der Waals surface area contributed by atoms with Gasteiger partial charge in [-0.05, 0) is 36.8 Å². The lowest BCUT2D eigenvalue weighted by molar-refractivity contribution is 0.437. The van der Waals surface area contributed by atoms with Gasteiger partial charge in [-0.25, -0.2) is 8.78 Å². The smallest absolute Gasteiger partial charge is 0.168 e. The van der Waals surface area contributed by atoms with Crippen LogP contribution < -0.4 is 4.74 Å². The van der Waals surface area contributed by atoms with Crippen LogP contribution in [0.2, 0.25) is 0 Å². The van der Waals surface area contributed by atoms with Crippen molar-refractivity contribution < 1.29 is 13.5 Å². The van der Waals surface area contributed by atoms with Crippen molar-refractivity contribution in [2.24, 2.45) is 0 Å². The molecule has 0 aliphatic rings. The molecule has 0 bridgehead atoms. The van der Waals surface area contributed by atoms with Gasteiger partial charge < -0.3 is 4.74 Å². The summed E-state index contributed by atoms with van der Waals surface area (Å²) in [7, 11) is 0. The SMILES string of the molecule is Cc1cccc(Oc2ccc(F)cc2F)c1. The van der Waals surface area contributed by atoms with E-state index in [9.17, 15) is 8.78 Å². The first-order valence-electron chi connectivity index (χ1n) is 4.85. The van der Waals surface area contributed by atoms with E-state index in [-0.39, 0.29) is 5.75 Å². The van der Waals surface area contributed by atoms with E-state index in [0.717, 1.165) is 17.7 Å². The Bertz CT molecular complexity index is 509. The fourth-order valence-electron chi connectivity index (χ4n) is 1.36. The lowest BCUT2D eigenvalue weighted by Gasteiger charge is -2.07. The van der Waals surface area contributed by atoms with E-state index in [1.807, 2.05) is 19.1 Å². The minimum Gasteiger partial charge on any atom is -0.454 e. The molecule has 16 heavy (non-hydrogen) atoms. The van der Waals surface area contributed by atoms with E-state index in [4.69, 9.17) is 4.74 Å². The highest BCUT2D eigenvalue weighted by Crippen LogP contribution is 2.25. The van der Waals surface area contributed by atoms with Crippen LogP contribution in [0, 0.1) is 18.6 Å². The van der Waals surface area contributed by atoms with Gasteiger partial charge in [-0.3, -0.25) is 0 Å². The Hall–Kier alpha value is -1.90. The van der Waals surface area contributed by atoms with Gasteiger partial charge >= 0.3 is 0 Å². The van der Waals surface area contributed by atoms with Gasteiger partial charge in [-0.1, -0.05) is 12.1 Å². The molecule has 0 aliphatic carbocycles. The normalized spacial score (nSPS) is 10.2. The van der Waals surface area contributed by atoms with Gasteiger partial charge in [0.2, 0.25) is 0 Å². The molecular formula is C13H10F2O. The first kappa shape index (κ1) is 10.6. The summed E-state index contributed by atoms with van der Waals surface area (Å²) in [6, 6.07) is 10.4. The molecule has 1 nitrogen and oxygen atoms in total. The molecule has 2 rings (SSSR count). The second-order valence-electron chi connectivity index (χ2n) is 3.49. The second-order valence-corrected chi connectivity index (χ2v) is 3.49. The van der Waals surface area contributed by atoms with Gasteiger partial charge in [-0.15, -0.1) is 0 Å². The Kier molecular flexibility index (Phi) is 2.86. The number of benzene rings is 2. The maximum absolute atomic E-state index is 13.3. The largest absolute Gasteiger partial charge is 0.454 e. The fraction of sp³-hybridized carbons (Fsp3) is 0.0769. The Balaban J connectivity index is 2.27. The number of ether oxygens (including phenoxy) is 1. The van der Waals surface area contributed by atoms with Crippen LogP contribution in [0.25, 0.3) is 0 Å². The van der Waals surface area contributed by atoms with Crippen LogP contribution >= 0.6 is 0 Å². The first-order chi connectivity index (χ1) is 7.65. The van der Waals surface area contributed by atoms with Crippen molar-refractivity contribution in [1.82, 2.24) is 0 Å². The van der Waals surface area contributed by atoms with Crippen LogP contribution in [0.5, 0.6) is 11.5 Å². The third-order valence-electron chi connectivity index (χ3n) is 2.11. The highest BCUT2D eigenvalue weighted by Gasteiger charge is 2.05. The third kappa shape index (κ3) is 2.37. The number of aryl methyl sites for hydroxylation is 1. The van der Waals surface area contributed by atoms with Gasteiger partial charge in [0, 0.05) is 6.07 Å². The molecule has 0 heterocycles. The molecule has 82 valence electrons. The zero-order valence-corrected chi connectivity index (χ0v) is 8.71. The van der Waals surface area contributed by atoms with E-state index < -0.39 is 11.6 Å². The predicted octanol–water partition coefficient (Wildman–Crippen LogP) is 4.07. The monoisotopic (exact) mass is 220 g/mol. The van der Waals surface area contributed by atoms with Crippen molar-refractivity contribution in [3.8, 4) is 11.5 Å². The summed E-state index contributed by atoms with van der Waals surface area (Å²) in [5, 5.41) is 0. The quantitative estimate of drug-likeness (QED) is 0.741. The minimum atomic E-state index is -0.707. The lowest BCUT2D eigenvalue weighted by Crippen LogP contribution is -1.89. The summed E-state index contributed by atoms with van der Waals surface area (Å²) in [5.74, 6) is -0.770. The Labute approximate surface area is 92.3 Å². The number of rotatable bonds is 2. The van der Waals surface area contributed by atoms with E-state index >= 15 is 0 Å². The van der Waals surface area contributed by atoms with Crippen molar-refractivity contribution in [3.05, 3.63) is 59.7 Å². The molecule has 2 aromatic rings. The van der Waals surface area contributed by atoms with E-state index in [0.29, 0.717) is 5.75 Å². The average Bonchev–Trinajstić information content (AvgIpc) is 2.22. The van der Waals surface area contributed by atoms with Gasteiger partial charge in [0.1, 0.15) is 11.6 Å². The highest BCUT2D eigenvalue weighted by atomic mass is 19.1. The summed E-state index contributed by atoms with van der Waals surface area (Å²) in [4.78, 5) is 0. The van der Waals surface area contributed by atoms with Crippen LogP contribution in [-0.2, 0) is 0 Å². The molecule has 0 unspecified atom stereocenters. The van der Waals surface area contributed by atoms with Gasteiger partial charge in [0.25, 0.3) is 0 Å². The highest BCUT2D eigenvalue weighted by molar-refractivity contribution is 5.34. The van der Waals surface area contributed by atoms with Crippen LogP contribution in [-0.4, -0.2) is 0 Å². The fourth-order valence-corrected chi connectivity index (χ4v) is 1.36. The minimum absolute atomic E-state index is 0.0204. The Morgan fingerprint density at radius 3 is 2.50 bits per heavy atom. The molecule has 0 saturated heterocycles. The molecule has 0 fully saturated rings. The summed E-state index contributed by atoms with van der Waals surface area (Å²) in [6.45, 7) is 1.91. The summed E-state index contributed by atoms with van der Waals surface area (Å²) >= 11 is 0. The van der Waals surface area contributed by atoms with Crippen molar-refractivity contribution in [2.45, 2.75) is 6.92 Å². The molecule has 0 aliphatic heterocycles. The van der Waals surface area contributed by atoms with Crippen molar-refractivity contribution >= 4 is 0 Å². The number of hydrogen-bond acceptors (Lipinski definition) is 1. The molecule has 0 amide bonds. The Morgan fingerprint density at radius 2 is 1.81 bits per heavy atom. The van der Waals surface area contributed by atoms with E-state index in [2.05, 4.69) is 0 Å². The molecule has 0 spiro atoms. The molecular weight excluding hydrogens is 210 g/mol. The molecule has 0 radical (unpaired) electrons.